The second kappa shape index (κ2) is 10.1. The molecule has 0 radical (unpaired) electrons. The van der Waals surface area contributed by atoms with Crippen molar-refractivity contribution in [2.24, 2.45) is 11.8 Å². The minimum Gasteiger partial charge on any atom is -0.134 e. The molecule has 1 aliphatic rings. The lowest BCUT2D eigenvalue weighted by atomic mass is 9.89. The molecule has 1 heteroatoms. The van der Waals surface area contributed by atoms with E-state index in [1.54, 1.807) is 0 Å². The summed E-state index contributed by atoms with van der Waals surface area (Å²) in [5.41, 5.74) is 0. The van der Waals surface area contributed by atoms with E-state index in [-0.39, 0.29) is 0 Å². The molecule has 100 valence electrons. The van der Waals surface area contributed by atoms with Gasteiger partial charge in [0.2, 0.25) is 0 Å². The van der Waals surface area contributed by atoms with Crippen molar-refractivity contribution in [1.82, 2.24) is 0 Å². The Kier molecular flexibility index (Phi) is 8.96. The maximum Gasteiger partial charge on any atom is 0.00374 e. The van der Waals surface area contributed by atoms with Crippen LogP contribution in [0.25, 0.3) is 0 Å². The Morgan fingerprint density at radius 1 is 1.12 bits per heavy atom. The van der Waals surface area contributed by atoms with Gasteiger partial charge in [-0.1, -0.05) is 71.3 Å². The lowest BCUT2D eigenvalue weighted by Crippen LogP contribution is -2.07. The Hall–Kier alpha value is 0.0900. The number of rotatable bonds is 10. The number of unbranched alkanes of at least 4 members (excludes halogenated alkanes) is 5. The van der Waals surface area contributed by atoms with E-state index in [1.165, 1.54) is 63.5 Å². The van der Waals surface area contributed by atoms with E-state index in [9.17, 15) is 0 Å². The fraction of sp³-hybridized carbons (Fsp3) is 0.875. The maximum atomic E-state index is 2.43. The second-order valence-corrected chi connectivity index (χ2v) is 6.43. The van der Waals surface area contributed by atoms with Crippen LogP contribution in [0.5, 0.6) is 0 Å². The highest BCUT2D eigenvalue weighted by Crippen LogP contribution is 2.29. The van der Waals surface area contributed by atoms with Gasteiger partial charge < -0.3 is 0 Å². The van der Waals surface area contributed by atoms with Crippen LogP contribution < -0.4 is 0 Å². The summed E-state index contributed by atoms with van der Waals surface area (Å²) in [6.07, 6.45) is 15.4. The minimum atomic E-state index is 0.880. The van der Waals surface area contributed by atoms with Gasteiger partial charge in [-0.05, 0) is 23.7 Å². The van der Waals surface area contributed by atoms with Gasteiger partial charge in [-0.2, -0.15) is 0 Å². The first-order chi connectivity index (χ1) is 8.36. The summed E-state index contributed by atoms with van der Waals surface area (Å²) in [6, 6.07) is 0. The molecule has 0 saturated carbocycles. The first kappa shape index (κ1) is 15.1. The average molecular weight is 254 g/mol. The van der Waals surface area contributed by atoms with Crippen molar-refractivity contribution >= 4 is 11.8 Å². The fourth-order valence-electron chi connectivity index (χ4n) is 2.68. The summed E-state index contributed by atoms with van der Waals surface area (Å²) in [6.45, 7) is 4.66. The molecule has 0 bridgehead atoms. The van der Waals surface area contributed by atoms with Gasteiger partial charge in [0.25, 0.3) is 0 Å². The van der Waals surface area contributed by atoms with Crippen molar-refractivity contribution in [1.29, 1.82) is 0 Å². The fourth-order valence-corrected chi connectivity index (χ4v) is 3.62. The highest BCUT2D eigenvalue weighted by molar-refractivity contribution is 8.02. The van der Waals surface area contributed by atoms with Crippen LogP contribution in [0, 0.1) is 11.8 Å². The molecular weight excluding hydrogens is 224 g/mol. The third-order valence-corrected chi connectivity index (χ3v) is 4.91. The van der Waals surface area contributed by atoms with E-state index in [0.29, 0.717) is 0 Å². The molecule has 0 amide bonds. The van der Waals surface area contributed by atoms with Crippen molar-refractivity contribution in [2.75, 3.05) is 5.75 Å². The molecule has 1 rings (SSSR count). The molecule has 0 aromatic carbocycles. The SMILES string of the molecule is CCCCCCCCC(CC)CC1C=CSC1. The van der Waals surface area contributed by atoms with Crippen LogP contribution in [-0.2, 0) is 0 Å². The number of allylic oxidation sites excluding steroid dienone is 1. The number of hydrogen-bond acceptors (Lipinski definition) is 1. The van der Waals surface area contributed by atoms with Crippen molar-refractivity contribution in [3.05, 3.63) is 11.5 Å². The second-order valence-electron chi connectivity index (χ2n) is 5.49. The number of hydrogen-bond donors (Lipinski definition) is 0. The molecule has 1 heterocycles. The van der Waals surface area contributed by atoms with Gasteiger partial charge in [0, 0.05) is 5.75 Å². The molecule has 0 spiro atoms. The molecule has 2 unspecified atom stereocenters. The van der Waals surface area contributed by atoms with Gasteiger partial charge in [-0.15, -0.1) is 11.8 Å². The Bertz CT molecular complexity index is 198. The lowest BCUT2D eigenvalue weighted by Gasteiger charge is -2.17. The van der Waals surface area contributed by atoms with Gasteiger partial charge >= 0.3 is 0 Å². The Labute approximate surface area is 113 Å². The van der Waals surface area contributed by atoms with Crippen LogP contribution in [0.2, 0.25) is 0 Å². The summed E-state index contributed by atoms with van der Waals surface area (Å²) in [5, 5.41) is 2.29. The van der Waals surface area contributed by atoms with Crippen LogP contribution in [0.4, 0.5) is 0 Å². The largest absolute Gasteiger partial charge is 0.134 e. The van der Waals surface area contributed by atoms with Gasteiger partial charge in [0.15, 0.2) is 0 Å². The Morgan fingerprint density at radius 3 is 2.53 bits per heavy atom. The zero-order chi connectivity index (χ0) is 12.3. The standard InChI is InChI=1S/C16H30S/c1-3-5-6-7-8-9-10-15(4-2)13-16-11-12-17-14-16/h11-12,15-16H,3-10,13-14H2,1-2H3. The molecular formula is C16H30S. The molecule has 0 aromatic heterocycles. The summed E-state index contributed by atoms with van der Waals surface area (Å²) in [7, 11) is 0. The predicted molar refractivity (Wildman–Crippen MR) is 81.5 cm³/mol. The Balaban J connectivity index is 2.00. The quantitative estimate of drug-likeness (QED) is 0.429. The molecule has 0 nitrogen and oxygen atoms in total. The van der Waals surface area contributed by atoms with E-state index in [1.807, 2.05) is 11.8 Å². The molecule has 0 aromatic rings. The molecule has 0 N–H and O–H groups in total. The molecule has 0 aliphatic carbocycles. The molecule has 1 aliphatic heterocycles. The smallest absolute Gasteiger partial charge is 0.00374 e. The summed E-state index contributed by atoms with van der Waals surface area (Å²) in [5.74, 6) is 3.20. The van der Waals surface area contributed by atoms with Crippen molar-refractivity contribution in [3.63, 3.8) is 0 Å². The highest BCUT2D eigenvalue weighted by atomic mass is 32.2. The van der Waals surface area contributed by atoms with Gasteiger partial charge in [-0.3, -0.25) is 0 Å². The van der Waals surface area contributed by atoms with Crippen LogP contribution in [-0.4, -0.2) is 5.75 Å². The van der Waals surface area contributed by atoms with Crippen LogP contribution >= 0.6 is 11.8 Å². The van der Waals surface area contributed by atoms with E-state index in [4.69, 9.17) is 0 Å². The zero-order valence-electron chi connectivity index (χ0n) is 11.8. The predicted octanol–water partition coefficient (Wildman–Crippen LogP) is 6.03. The van der Waals surface area contributed by atoms with E-state index < -0.39 is 0 Å². The third-order valence-electron chi connectivity index (χ3n) is 3.94. The molecule has 0 fully saturated rings. The van der Waals surface area contributed by atoms with E-state index >= 15 is 0 Å². The van der Waals surface area contributed by atoms with Crippen molar-refractivity contribution < 1.29 is 0 Å². The van der Waals surface area contributed by atoms with Crippen LogP contribution in [0.15, 0.2) is 11.5 Å². The average Bonchev–Trinajstić information content (AvgIpc) is 2.85. The van der Waals surface area contributed by atoms with E-state index in [0.717, 1.165) is 11.8 Å². The van der Waals surface area contributed by atoms with Crippen LogP contribution in [0.1, 0.15) is 71.6 Å². The highest BCUT2D eigenvalue weighted by Gasteiger charge is 2.15. The topological polar surface area (TPSA) is 0 Å². The molecule has 17 heavy (non-hydrogen) atoms. The summed E-state index contributed by atoms with van der Waals surface area (Å²) >= 11 is 1.99. The first-order valence-electron chi connectivity index (χ1n) is 7.65. The first-order valence-corrected chi connectivity index (χ1v) is 8.70. The van der Waals surface area contributed by atoms with E-state index in [2.05, 4.69) is 25.3 Å². The van der Waals surface area contributed by atoms with Gasteiger partial charge in [0.1, 0.15) is 0 Å². The van der Waals surface area contributed by atoms with Gasteiger partial charge in [0.05, 0.1) is 0 Å². The summed E-state index contributed by atoms with van der Waals surface area (Å²) < 4.78 is 0. The number of thioether (sulfide) groups is 1. The third kappa shape index (κ3) is 7.18. The van der Waals surface area contributed by atoms with Crippen molar-refractivity contribution in [2.45, 2.75) is 71.6 Å². The van der Waals surface area contributed by atoms with Gasteiger partial charge in [-0.25, -0.2) is 0 Å². The minimum absolute atomic E-state index is 0.880. The normalized spacial score (nSPS) is 20.9. The van der Waals surface area contributed by atoms with Crippen molar-refractivity contribution in [3.8, 4) is 0 Å². The Morgan fingerprint density at radius 2 is 1.88 bits per heavy atom. The lowest BCUT2D eigenvalue weighted by molar-refractivity contribution is 0.380. The zero-order valence-corrected chi connectivity index (χ0v) is 12.6. The monoisotopic (exact) mass is 254 g/mol. The molecule has 2 atom stereocenters. The maximum absolute atomic E-state index is 2.43. The molecule has 0 saturated heterocycles. The summed E-state index contributed by atoms with van der Waals surface area (Å²) in [4.78, 5) is 0. The van der Waals surface area contributed by atoms with Crippen LogP contribution in [0.3, 0.4) is 0 Å².